The Labute approximate surface area is 304 Å². The summed E-state index contributed by atoms with van der Waals surface area (Å²) in [6, 6.07) is 20.9. The SMILES string of the molecule is CCCCC/C=C\C1CC1C(=O)NOc1ccccc1.NC(=O)C1CCCN1C(=O)CNc1cccc(C(F)(F)F)c1.O=c1[nH]c2ccccc2s1. The molecule has 4 aromatic rings. The van der Waals surface area contributed by atoms with Crippen molar-refractivity contribution in [1.29, 1.82) is 0 Å². The number of nitrogens with two attached hydrogens (primary N) is 1. The van der Waals surface area contributed by atoms with E-state index in [9.17, 15) is 32.3 Å². The number of carbonyl (C=O) groups excluding carboxylic acids is 3. The van der Waals surface area contributed by atoms with Crippen molar-refractivity contribution in [2.75, 3.05) is 18.4 Å². The van der Waals surface area contributed by atoms with Crippen LogP contribution in [0.1, 0.15) is 57.4 Å². The topological polar surface area (TPSA) is 147 Å². The molecule has 1 saturated carbocycles. The first-order valence-corrected chi connectivity index (χ1v) is 18.0. The molecule has 0 radical (unpaired) electrons. The van der Waals surface area contributed by atoms with E-state index in [2.05, 4.69) is 34.9 Å². The Balaban J connectivity index is 0.000000185. The Morgan fingerprint density at radius 2 is 1.79 bits per heavy atom. The fourth-order valence-electron chi connectivity index (χ4n) is 5.53. The number of benzene rings is 3. The summed E-state index contributed by atoms with van der Waals surface area (Å²) in [5, 5.41) is 2.65. The number of hydrogen-bond acceptors (Lipinski definition) is 7. The van der Waals surface area contributed by atoms with E-state index < -0.39 is 23.7 Å². The van der Waals surface area contributed by atoms with Crippen LogP contribution in [0.3, 0.4) is 0 Å². The van der Waals surface area contributed by atoms with E-state index in [1.54, 1.807) is 0 Å². The number of anilines is 1. The molecule has 52 heavy (non-hydrogen) atoms. The number of aromatic amines is 1. The molecule has 2 aliphatic rings. The maximum Gasteiger partial charge on any atom is 0.416 e. The largest absolute Gasteiger partial charge is 0.416 e. The second kappa shape index (κ2) is 19.5. The number of primary amides is 1. The van der Waals surface area contributed by atoms with Gasteiger partial charge in [0.2, 0.25) is 11.8 Å². The molecule has 3 aromatic carbocycles. The van der Waals surface area contributed by atoms with Crippen LogP contribution in [0, 0.1) is 11.8 Å². The molecule has 1 saturated heterocycles. The summed E-state index contributed by atoms with van der Waals surface area (Å²) in [4.78, 5) is 55.2. The van der Waals surface area contributed by atoms with Crippen molar-refractivity contribution in [2.24, 2.45) is 17.6 Å². The molecule has 14 heteroatoms. The summed E-state index contributed by atoms with van der Waals surface area (Å²) in [7, 11) is 0. The number of halogens is 3. The molecule has 1 aliphatic heterocycles. The van der Waals surface area contributed by atoms with Gasteiger partial charge >= 0.3 is 11.0 Å². The van der Waals surface area contributed by atoms with Gasteiger partial charge in [-0.3, -0.25) is 19.2 Å². The Morgan fingerprint density at radius 1 is 1.04 bits per heavy atom. The number of unbranched alkanes of at least 4 members (excludes halogenated alkanes) is 3. The standard InChI is InChI=1S/C17H23NO2.C14H16F3N3O2.C7H5NOS/c1-2-3-4-5-7-10-14-13-16(14)17(19)18-20-15-11-8-6-9-12-15;15-14(16,17)9-3-1-4-10(7-9)19-8-12(21)20-6-2-5-11(20)13(18)22;9-7-8-5-3-1-2-4-6(5)10-7/h6-12,14,16H,2-5,13H2,1H3,(H,18,19);1,3-4,7,11,19H,2,5-6,8H2,(H2,18,22);1-4H,(H,8,9)/b10-7-;;. The van der Waals surface area contributed by atoms with E-state index in [0.29, 0.717) is 31.1 Å². The first-order valence-electron chi connectivity index (χ1n) is 17.2. The van der Waals surface area contributed by atoms with Crippen LogP contribution >= 0.6 is 11.3 Å². The van der Waals surface area contributed by atoms with Gasteiger partial charge in [0.15, 0.2) is 5.75 Å². The lowest BCUT2D eigenvalue weighted by Crippen LogP contribution is -2.45. The van der Waals surface area contributed by atoms with E-state index in [1.807, 2.05) is 54.6 Å². The van der Waals surface area contributed by atoms with Crippen molar-refractivity contribution in [3.8, 4) is 5.75 Å². The number of nitrogens with one attached hydrogen (secondary N) is 3. The second-order valence-corrected chi connectivity index (χ2v) is 13.4. The predicted octanol–water partition coefficient (Wildman–Crippen LogP) is 7.05. The van der Waals surface area contributed by atoms with Gasteiger partial charge in [-0.1, -0.05) is 79.7 Å². The third-order valence-electron chi connectivity index (χ3n) is 8.41. The number of rotatable bonds is 12. The number of carbonyl (C=O) groups is 3. The number of hydrogen-bond donors (Lipinski definition) is 4. The Kier molecular flexibility index (Phi) is 14.9. The van der Waals surface area contributed by atoms with Crippen molar-refractivity contribution >= 4 is 45.0 Å². The minimum atomic E-state index is -4.44. The summed E-state index contributed by atoms with van der Waals surface area (Å²) in [6.07, 6.45) is 7.00. The summed E-state index contributed by atoms with van der Waals surface area (Å²) in [5.74, 6) is 0.200. The number of thiazole rings is 1. The average molecular weight is 740 g/mol. The molecule has 5 N–H and O–H groups in total. The maximum atomic E-state index is 12.6. The highest BCUT2D eigenvalue weighted by atomic mass is 32.1. The van der Waals surface area contributed by atoms with Gasteiger partial charge in [-0.05, 0) is 80.5 Å². The molecule has 3 unspecified atom stereocenters. The molecule has 1 aliphatic carbocycles. The van der Waals surface area contributed by atoms with E-state index in [1.165, 1.54) is 47.6 Å². The zero-order valence-electron chi connectivity index (χ0n) is 28.9. The van der Waals surface area contributed by atoms with Gasteiger partial charge in [-0.15, -0.1) is 0 Å². The number of allylic oxidation sites excluding steroid dienone is 2. The fourth-order valence-corrected chi connectivity index (χ4v) is 6.26. The van der Waals surface area contributed by atoms with Gasteiger partial charge in [0.25, 0.3) is 5.91 Å². The van der Waals surface area contributed by atoms with Gasteiger partial charge in [-0.2, -0.15) is 18.7 Å². The first-order chi connectivity index (χ1) is 25.0. The molecular weight excluding hydrogens is 696 g/mol. The number of amides is 3. The van der Waals surface area contributed by atoms with Crippen molar-refractivity contribution in [3.05, 3.63) is 106 Å². The van der Waals surface area contributed by atoms with Gasteiger partial charge in [-0.25, -0.2) is 0 Å². The third kappa shape index (κ3) is 12.6. The number of aromatic nitrogens is 1. The molecule has 6 rings (SSSR count). The normalized spacial score (nSPS) is 17.8. The molecular formula is C38H44F3N5O5S. The van der Waals surface area contributed by atoms with Crippen LogP contribution < -0.4 is 26.2 Å². The van der Waals surface area contributed by atoms with Crippen molar-refractivity contribution in [2.45, 2.75) is 64.1 Å². The fraction of sp³-hybridized carbons (Fsp3) is 0.368. The molecule has 10 nitrogen and oxygen atoms in total. The van der Waals surface area contributed by atoms with Crippen molar-refractivity contribution < 1.29 is 32.4 Å². The monoisotopic (exact) mass is 739 g/mol. The molecule has 0 bridgehead atoms. The van der Waals surface area contributed by atoms with Gasteiger partial charge < -0.3 is 25.8 Å². The smallest absolute Gasteiger partial charge is 0.380 e. The molecule has 2 fully saturated rings. The number of fused-ring (bicyclic) bond motifs is 1. The number of alkyl halides is 3. The van der Waals surface area contributed by atoms with Gasteiger partial charge in [0.05, 0.1) is 22.3 Å². The van der Waals surface area contributed by atoms with Crippen LogP contribution in [-0.4, -0.2) is 46.7 Å². The lowest BCUT2D eigenvalue weighted by atomic mass is 10.2. The summed E-state index contributed by atoms with van der Waals surface area (Å²) < 4.78 is 38.8. The van der Waals surface area contributed by atoms with Crippen molar-refractivity contribution in [1.82, 2.24) is 15.4 Å². The van der Waals surface area contributed by atoms with Crippen LogP contribution in [0.5, 0.6) is 5.75 Å². The van der Waals surface area contributed by atoms with E-state index in [4.69, 9.17) is 10.6 Å². The van der Waals surface area contributed by atoms with Crippen molar-refractivity contribution in [3.63, 3.8) is 0 Å². The highest BCUT2D eigenvalue weighted by molar-refractivity contribution is 7.16. The number of nitrogens with zero attached hydrogens (tertiary/aromatic N) is 1. The van der Waals surface area contributed by atoms with E-state index >= 15 is 0 Å². The summed E-state index contributed by atoms with van der Waals surface area (Å²) in [5.41, 5.74) is 8.08. The second-order valence-electron chi connectivity index (χ2n) is 12.4. The Morgan fingerprint density at radius 3 is 2.50 bits per heavy atom. The summed E-state index contributed by atoms with van der Waals surface area (Å²) in [6.45, 7) is 2.44. The third-order valence-corrected chi connectivity index (χ3v) is 9.27. The zero-order valence-corrected chi connectivity index (χ0v) is 29.7. The minimum absolute atomic E-state index is 0.0150. The first kappa shape index (κ1) is 39.7. The predicted molar refractivity (Wildman–Crippen MR) is 196 cm³/mol. The van der Waals surface area contributed by atoms with Gasteiger partial charge in [0.1, 0.15) is 6.04 Å². The van der Waals surface area contributed by atoms with Crippen LogP contribution in [0.4, 0.5) is 18.9 Å². The quantitative estimate of drug-likeness (QED) is 0.0696. The van der Waals surface area contributed by atoms with Crippen LogP contribution in [0.2, 0.25) is 0 Å². The van der Waals surface area contributed by atoms with Crippen LogP contribution in [-0.2, 0) is 20.6 Å². The molecule has 3 atom stereocenters. The number of H-pyrrole nitrogens is 1. The van der Waals surface area contributed by atoms with E-state index in [0.717, 1.165) is 35.2 Å². The molecule has 0 spiro atoms. The highest BCUT2D eigenvalue weighted by Crippen LogP contribution is 2.40. The molecule has 278 valence electrons. The highest BCUT2D eigenvalue weighted by Gasteiger charge is 2.41. The lowest BCUT2D eigenvalue weighted by molar-refractivity contribution is -0.137. The number of para-hydroxylation sites is 2. The molecule has 1 aromatic heterocycles. The van der Waals surface area contributed by atoms with Gasteiger partial charge in [0, 0.05) is 18.2 Å². The number of likely N-dealkylation sites (tertiary alicyclic amines) is 1. The van der Waals surface area contributed by atoms with Crippen LogP contribution in [0.15, 0.2) is 95.8 Å². The zero-order chi connectivity index (χ0) is 37.5. The summed E-state index contributed by atoms with van der Waals surface area (Å²) >= 11 is 1.24. The number of hydroxylamine groups is 1. The maximum absolute atomic E-state index is 12.6. The minimum Gasteiger partial charge on any atom is -0.380 e. The van der Waals surface area contributed by atoms with Crippen LogP contribution in [0.25, 0.3) is 10.2 Å². The molecule has 2 heterocycles. The average Bonchev–Trinajstić information content (AvgIpc) is 3.53. The Bertz CT molecular complexity index is 1810. The lowest BCUT2D eigenvalue weighted by Gasteiger charge is -2.22. The molecule has 3 amide bonds. The Hall–Kier alpha value is -5.11. The van der Waals surface area contributed by atoms with E-state index in [-0.39, 0.29) is 34.8 Å².